The number of nitrogens with one attached hydrogen (secondary N) is 1. The van der Waals surface area contributed by atoms with Gasteiger partial charge < -0.3 is 14.8 Å². The van der Waals surface area contributed by atoms with Gasteiger partial charge in [0, 0.05) is 6.04 Å². The van der Waals surface area contributed by atoms with Crippen LogP contribution in [0.3, 0.4) is 0 Å². The molecule has 4 rings (SSSR count). The molecule has 3 nitrogen and oxygen atoms in total. The van der Waals surface area contributed by atoms with Crippen molar-refractivity contribution >= 4 is 0 Å². The molecule has 1 saturated heterocycles. The lowest BCUT2D eigenvalue weighted by Gasteiger charge is -2.34. The molecular weight excluding hydrogens is 226 g/mol. The zero-order valence-corrected chi connectivity index (χ0v) is 10.5. The van der Waals surface area contributed by atoms with E-state index in [0.717, 1.165) is 17.4 Å². The fourth-order valence-corrected chi connectivity index (χ4v) is 3.87. The first kappa shape index (κ1) is 10.7. The average molecular weight is 245 g/mol. The highest BCUT2D eigenvalue weighted by molar-refractivity contribution is 5.45. The molecular formula is C15H19NO2. The smallest absolute Gasteiger partial charge is 0.231 e. The lowest BCUT2D eigenvalue weighted by Crippen LogP contribution is -2.36. The SMILES string of the molecule is c1cc2c(cc1[C@@H]1CCC[C@@H]3CCN[C@H]31)OCO2. The summed E-state index contributed by atoms with van der Waals surface area (Å²) in [7, 11) is 0. The maximum absolute atomic E-state index is 5.50. The second-order valence-corrected chi connectivity index (χ2v) is 5.68. The topological polar surface area (TPSA) is 30.5 Å². The fourth-order valence-electron chi connectivity index (χ4n) is 3.87. The highest BCUT2D eigenvalue weighted by Crippen LogP contribution is 2.43. The first-order chi connectivity index (χ1) is 8.92. The lowest BCUT2D eigenvalue weighted by atomic mass is 9.74. The van der Waals surface area contributed by atoms with E-state index in [1.165, 1.54) is 37.8 Å². The molecule has 0 aromatic heterocycles. The van der Waals surface area contributed by atoms with E-state index in [2.05, 4.69) is 23.5 Å². The van der Waals surface area contributed by atoms with Crippen LogP contribution in [0.25, 0.3) is 0 Å². The first-order valence-corrected chi connectivity index (χ1v) is 7.05. The van der Waals surface area contributed by atoms with Crippen LogP contribution in [0.15, 0.2) is 18.2 Å². The van der Waals surface area contributed by atoms with E-state index in [1.54, 1.807) is 0 Å². The largest absolute Gasteiger partial charge is 0.454 e. The highest BCUT2D eigenvalue weighted by Gasteiger charge is 2.37. The number of hydrogen-bond donors (Lipinski definition) is 1. The van der Waals surface area contributed by atoms with Gasteiger partial charge in [0.25, 0.3) is 0 Å². The predicted molar refractivity (Wildman–Crippen MR) is 69.1 cm³/mol. The van der Waals surface area contributed by atoms with Gasteiger partial charge in [-0.25, -0.2) is 0 Å². The third kappa shape index (κ3) is 1.61. The van der Waals surface area contributed by atoms with Gasteiger partial charge in [-0.2, -0.15) is 0 Å². The van der Waals surface area contributed by atoms with Crippen molar-refractivity contribution in [2.45, 2.75) is 37.6 Å². The third-order valence-corrected chi connectivity index (χ3v) is 4.75. The molecule has 3 atom stereocenters. The first-order valence-electron chi connectivity index (χ1n) is 7.05. The van der Waals surface area contributed by atoms with E-state index in [0.29, 0.717) is 18.8 Å². The van der Waals surface area contributed by atoms with Gasteiger partial charge in [0.05, 0.1) is 0 Å². The van der Waals surface area contributed by atoms with E-state index in [4.69, 9.17) is 9.47 Å². The van der Waals surface area contributed by atoms with Crippen LogP contribution in [0.1, 0.15) is 37.2 Å². The van der Waals surface area contributed by atoms with Gasteiger partial charge in [0.2, 0.25) is 6.79 Å². The summed E-state index contributed by atoms with van der Waals surface area (Å²) in [5.41, 5.74) is 1.42. The zero-order chi connectivity index (χ0) is 11.9. The molecule has 18 heavy (non-hydrogen) atoms. The van der Waals surface area contributed by atoms with E-state index in [1.807, 2.05) is 0 Å². The minimum atomic E-state index is 0.369. The predicted octanol–water partition coefficient (Wildman–Crippen LogP) is 2.66. The minimum Gasteiger partial charge on any atom is -0.454 e. The van der Waals surface area contributed by atoms with Gasteiger partial charge in [-0.05, 0) is 55.3 Å². The molecule has 3 aliphatic rings. The Morgan fingerprint density at radius 2 is 2.00 bits per heavy atom. The third-order valence-electron chi connectivity index (χ3n) is 4.75. The molecule has 0 unspecified atom stereocenters. The van der Waals surface area contributed by atoms with Crippen LogP contribution in [0, 0.1) is 5.92 Å². The van der Waals surface area contributed by atoms with Crippen LogP contribution in [0.4, 0.5) is 0 Å². The molecule has 1 N–H and O–H groups in total. The summed E-state index contributed by atoms with van der Waals surface area (Å²) < 4.78 is 10.9. The number of benzene rings is 1. The lowest BCUT2D eigenvalue weighted by molar-refractivity contribution is 0.174. The van der Waals surface area contributed by atoms with Crippen LogP contribution in [-0.2, 0) is 0 Å². The Balaban J connectivity index is 1.65. The van der Waals surface area contributed by atoms with Crippen molar-refractivity contribution in [2.24, 2.45) is 5.92 Å². The van der Waals surface area contributed by atoms with Crippen molar-refractivity contribution in [1.82, 2.24) is 5.32 Å². The van der Waals surface area contributed by atoms with Crippen molar-refractivity contribution in [1.29, 1.82) is 0 Å². The summed E-state index contributed by atoms with van der Waals surface area (Å²) in [6.07, 6.45) is 5.42. The number of fused-ring (bicyclic) bond motifs is 2. The van der Waals surface area contributed by atoms with Crippen molar-refractivity contribution in [2.75, 3.05) is 13.3 Å². The summed E-state index contributed by atoms with van der Waals surface area (Å²) >= 11 is 0. The Labute approximate surface area is 107 Å². The summed E-state index contributed by atoms with van der Waals surface area (Å²) in [5, 5.41) is 3.70. The van der Waals surface area contributed by atoms with Crippen LogP contribution >= 0.6 is 0 Å². The quantitative estimate of drug-likeness (QED) is 0.825. The fraction of sp³-hybridized carbons (Fsp3) is 0.600. The van der Waals surface area contributed by atoms with Crippen molar-refractivity contribution in [3.8, 4) is 11.5 Å². The minimum absolute atomic E-state index is 0.369. The Hall–Kier alpha value is -1.22. The normalized spacial score (nSPS) is 33.4. The Morgan fingerprint density at radius 3 is 3.00 bits per heavy atom. The number of rotatable bonds is 1. The molecule has 3 heteroatoms. The average Bonchev–Trinajstić information content (AvgIpc) is 3.05. The molecule has 0 amide bonds. The Kier molecular flexibility index (Phi) is 2.47. The van der Waals surface area contributed by atoms with Crippen molar-refractivity contribution < 1.29 is 9.47 Å². The number of hydrogen-bond acceptors (Lipinski definition) is 3. The summed E-state index contributed by atoms with van der Waals surface area (Å²) in [6.45, 7) is 1.56. The van der Waals surface area contributed by atoms with Gasteiger partial charge in [-0.3, -0.25) is 0 Å². The molecule has 1 aromatic rings. The zero-order valence-electron chi connectivity index (χ0n) is 10.5. The number of ether oxygens (including phenoxy) is 2. The molecule has 2 aliphatic heterocycles. The molecule has 96 valence electrons. The molecule has 0 radical (unpaired) electrons. The van der Waals surface area contributed by atoms with Crippen LogP contribution in [-0.4, -0.2) is 19.4 Å². The summed E-state index contributed by atoms with van der Waals surface area (Å²) in [5.74, 6) is 3.35. The maximum Gasteiger partial charge on any atom is 0.231 e. The summed E-state index contributed by atoms with van der Waals surface area (Å²) in [6, 6.07) is 7.16. The van der Waals surface area contributed by atoms with Gasteiger partial charge in [0.1, 0.15) is 0 Å². The molecule has 1 aliphatic carbocycles. The maximum atomic E-state index is 5.50. The molecule has 2 heterocycles. The highest BCUT2D eigenvalue weighted by atomic mass is 16.7. The van der Waals surface area contributed by atoms with Crippen LogP contribution in [0.5, 0.6) is 11.5 Å². The van der Waals surface area contributed by atoms with Gasteiger partial charge in [-0.15, -0.1) is 0 Å². The second kappa shape index (κ2) is 4.16. The van der Waals surface area contributed by atoms with Gasteiger partial charge in [-0.1, -0.05) is 12.5 Å². The van der Waals surface area contributed by atoms with E-state index in [-0.39, 0.29) is 0 Å². The van der Waals surface area contributed by atoms with Crippen LogP contribution in [0.2, 0.25) is 0 Å². The van der Waals surface area contributed by atoms with E-state index >= 15 is 0 Å². The summed E-state index contributed by atoms with van der Waals surface area (Å²) in [4.78, 5) is 0. The molecule has 0 spiro atoms. The van der Waals surface area contributed by atoms with Gasteiger partial charge in [0.15, 0.2) is 11.5 Å². The molecule has 1 aromatic carbocycles. The second-order valence-electron chi connectivity index (χ2n) is 5.68. The molecule has 2 fully saturated rings. The molecule has 0 bridgehead atoms. The van der Waals surface area contributed by atoms with E-state index < -0.39 is 0 Å². The van der Waals surface area contributed by atoms with Crippen LogP contribution < -0.4 is 14.8 Å². The van der Waals surface area contributed by atoms with Crippen molar-refractivity contribution in [3.05, 3.63) is 23.8 Å². The van der Waals surface area contributed by atoms with E-state index in [9.17, 15) is 0 Å². The monoisotopic (exact) mass is 245 g/mol. The van der Waals surface area contributed by atoms with Gasteiger partial charge >= 0.3 is 0 Å². The standard InChI is InChI=1S/C15H19NO2/c1-2-10-6-7-16-15(10)12(3-1)11-4-5-13-14(8-11)18-9-17-13/h4-5,8,10,12,15-16H,1-3,6-7,9H2/t10-,12+,15-/m1/s1. The van der Waals surface area contributed by atoms with Crippen molar-refractivity contribution in [3.63, 3.8) is 0 Å². The Bertz CT molecular complexity index is 460. The molecule has 1 saturated carbocycles. The Morgan fingerprint density at radius 1 is 1.06 bits per heavy atom.